The lowest BCUT2D eigenvalue weighted by molar-refractivity contribution is -0.138. The molecule has 0 aliphatic rings. The van der Waals surface area contributed by atoms with E-state index in [1.807, 2.05) is 0 Å². The number of carbonyl (C=O) groups is 1. The van der Waals surface area contributed by atoms with Crippen LogP contribution in [0.3, 0.4) is 0 Å². The van der Waals surface area contributed by atoms with Crippen LogP contribution in [0.4, 0.5) is 13.2 Å². The van der Waals surface area contributed by atoms with Gasteiger partial charge in [-0.1, -0.05) is 0 Å². The predicted molar refractivity (Wildman–Crippen MR) is 70.4 cm³/mol. The zero-order valence-corrected chi connectivity index (χ0v) is 11.6. The van der Waals surface area contributed by atoms with E-state index in [0.717, 1.165) is 23.5 Å². The third-order valence-electron chi connectivity index (χ3n) is 2.60. The molecule has 1 N–H and O–H groups in total. The van der Waals surface area contributed by atoms with Crippen molar-refractivity contribution in [3.63, 3.8) is 0 Å². The van der Waals surface area contributed by atoms with Gasteiger partial charge in [-0.3, -0.25) is 4.79 Å². The number of methoxy groups -OCH3 is 1. The summed E-state index contributed by atoms with van der Waals surface area (Å²) in [5.41, 5.74) is -0.297. The minimum Gasteiger partial charge on any atom is -0.497 e. The Labute approximate surface area is 121 Å². The number of nitrogens with zero attached hydrogens (tertiary/aromatic N) is 1. The summed E-state index contributed by atoms with van der Waals surface area (Å²) in [6.45, 7) is 0. The zero-order chi connectivity index (χ0) is 15.6. The number of rotatable bonds is 4. The number of aliphatic carboxylic acids is 1. The molecule has 0 saturated heterocycles. The fraction of sp³-hybridized carbons (Fsp3) is 0.231. The fourth-order valence-electron chi connectivity index (χ4n) is 1.68. The van der Waals surface area contributed by atoms with Crippen molar-refractivity contribution in [1.29, 1.82) is 0 Å². The molecule has 4 nitrogen and oxygen atoms in total. The van der Waals surface area contributed by atoms with Gasteiger partial charge in [0.25, 0.3) is 0 Å². The molecular formula is C13H10F3NO3S. The van der Waals surface area contributed by atoms with Crippen molar-refractivity contribution in [1.82, 2.24) is 4.98 Å². The van der Waals surface area contributed by atoms with E-state index < -0.39 is 17.7 Å². The first-order chi connectivity index (χ1) is 9.79. The monoisotopic (exact) mass is 317 g/mol. The van der Waals surface area contributed by atoms with Gasteiger partial charge in [-0.05, 0) is 18.2 Å². The van der Waals surface area contributed by atoms with Gasteiger partial charge >= 0.3 is 12.1 Å². The van der Waals surface area contributed by atoms with Crippen LogP contribution >= 0.6 is 11.3 Å². The highest BCUT2D eigenvalue weighted by Gasteiger charge is 2.31. The van der Waals surface area contributed by atoms with E-state index in [1.165, 1.54) is 18.6 Å². The molecule has 0 saturated carbocycles. The lowest BCUT2D eigenvalue weighted by atomic mass is 10.1. The Hall–Kier alpha value is -2.09. The van der Waals surface area contributed by atoms with Crippen molar-refractivity contribution in [3.8, 4) is 16.3 Å². The van der Waals surface area contributed by atoms with Crippen molar-refractivity contribution in [2.75, 3.05) is 7.11 Å². The minimum absolute atomic E-state index is 0.0646. The topological polar surface area (TPSA) is 59.4 Å². The average Bonchev–Trinajstić information content (AvgIpc) is 2.84. The average molecular weight is 317 g/mol. The van der Waals surface area contributed by atoms with E-state index >= 15 is 0 Å². The molecule has 0 amide bonds. The number of halogens is 3. The first kappa shape index (κ1) is 15.3. The fourth-order valence-corrected chi connectivity index (χ4v) is 2.49. The van der Waals surface area contributed by atoms with E-state index in [1.54, 1.807) is 0 Å². The highest BCUT2D eigenvalue weighted by atomic mass is 32.1. The Morgan fingerprint density at radius 2 is 2.10 bits per heavy atom. The summed E-state index contributed by atoms with van der Waals surface area (Å²) in [6, 6.07) is 3.29. The Kier molecular flexibility index (Phi) is 4.17. The number of alkyl halides is 3. The predicted octanol–water partition coefficient (Wildman–Crippen LogP) is 3.46. The van der Waals surface area contributed by atoms with Crippen LogP contribution in [0.2, 0.25) is 0 Å². The highest BCUT2D eigenvalue weighted by molar-refractivity contribution is 7.13. The summed E-state index contributed by atoms with van der Waals surface area (Å²) in [4.78, 5) is 14.6. The van der Waals surface area contributed by atoms with Crippen LogP contribution in [-0.4, -0.2) is 23.2 Å². The summed E-state index contributed by atoms with van der Waals surface area (Å²) in [6.07, 6.45) is -4.77. The molecule has 0 aliphatic carbocycles. The normalized spacial score (nSPS) is 11.4. The number of hydrogen-bond donors (Lipinski definition) is 1. The van der Waals surface area contributed by atoms with Crippen molar-refractivity contribution in [2.24, 2.45) is 0 Å². The van der Waals surface area contributed by atoms with Gasteiger partial charge in [0.1, 0.15) is 10.8 Å². The van der Waals surface area contributed by atoms with Crippen LogP contribution in [0.5, 0.6) is 5.75 Å². The maximum atomic E-state index is 12.8. The molecule has 2 rings (SSSR count). The van der Waals surface area contributed by atoms with Crippen molar-refractivity contribution in [2.45, 2.75) is 12.6 Å². The molecular weight excluding hydrogens is 307 g/mol. The molecule has 0 spiro atoms. The van der Waals surface area contributed by atoms with Gasteiger partial charge in [-0.15, -0.1) is 11.3 Å². The molecule has 0 radical (unpaired) electrons. The molecule has 0 fully saturated rings. The van der Waals surface area contributed by atoms with Gasteiger partial charge < -0.3 is 9.84 Å². The van der Waals surface area contributed by atoms with Crippen molar-refractivity contribution in [3.05, 3.63) is 34.8 Å². The van der Waals surface area contributed by atoms with Crippen LogP contribution in [0.25, 0.3) is 10.6 Å². The summed E-state index contributed by atoms with van der Waals surface area (Å²) < 4.78 is 43.3. The van der Waals surface area contributed by atoms with Gasteiger partial charge in [0.2, 0.25) is 0 Å². The number of benzene rings is 1. The molecule has 0 bridgehead atoms. The third kappa shape index (κ3) is 3.72. The van der Waals surface area contributed by atoms with Crippen LogP contribution in [0, 0.1) is 0 Å². The lowest BCUT2D eigenvalue weighted by Gasteiger charge is -2.10. The Morgan fingerprint density at radius 1 is 1.38 bits per heavy atom. The quantitative estimate of drug-likeness (QED) is 0.938. The van der Waals surface area contributed by atoms with E-state index in [4.69, 9.17) is 9.84 Å². The Morgan fingerprint density at radius 3 is 2.67 bits per heavy atom. The van der Waals surface area contributed by atoms with Gasteiger partial charge in [-0.25, -0.2) is 4.98 Å². The van der Waals surface area contributed by atoms with E-state index in [-0.39, 0.29) is 17.7 Å². The number of hydrogen-bond acceptors (Lipinski definition) is 4. The standard InChI is InChI=1S/C13H10F3NO3S/c1-20-10-3-7(2-8(4-10)13(14,15)16)12-17-9(6-21-12)5-11(18)19/h2-4,6H,5H2,1H3,(H,18,19). The van der Waals surface area contributed by atoms with Gasteiger partial charge in [0.05, 0.1) is 24.8 Å². The number of thiazole rings is 1. The van der Waals surface area contributed by atoms with E-state index in [2.05, 4.69) is 4.98 Å². The summed E-state index contributed by atoms with van der Waals surface area (Å²) in [5.74, 6) is -0.983. The molecule has 0 aliphatic heterocycles. The Bertz CT molecular complexity index is 667. The molecule has 1 aromatic heterocycles. The van der Waals surface area contributed by atoms with E-state index in [9.17, 15) is 18.0 Å². The summed E-state index contributed by atoms with van der Waals surface area (Å²) >= 11 is 1.09. The second-order valence-corrected chi connectivity index (χ2v) is 5.02. The largest absolute Gasteiger partial charge is 0.497 e. The molecule has 1 heterocycles. The molecule has 8 heteroatoms. The Balaban J connectivity index is 2.43. The summed E-state index contributed by atoms with van der Waals surface area (Å²) in [7, 11) is 1.27. The van der Waals surface area contributed by atoms with Crippen LogP contribution < -0.4 is 4.74 Å². The zero-order valence-electron chi connectivity index (χ0n) is 10.8. The first-order valence-corrected chi connectivity index (χ1v) is 6.60. The molecule has 1 aromatic carbocycles. The number of aromatic nitrogens is 1. The van der Waals surface area contributed by atoms with Crippen molar-refractivity contribution >= 4 is 17.3 Å². The SMILES string of the molecule is COc1cc(-c2nc(CC(=O)O)cs2)cc(C(F)(F)F)c1. The van der Waals surface area contributed by atoms with Crippen LogP contribution in [0.15, 0.2) is 23.6 Å². The molecule has 0 atom stereocenters. The number of ether oxygens (including phenoxy) is 1. The maximum Gasteiger partial charge on any atom is 0.416 e. The van der Waals surface area contributed by atoms with Crippen LogP contribution in [0.1, 0.15) is 11.3 Å². The second kappa shape index (κ2) is 5.72. The van der Waals surface area contributed by atoms with Gasteiger partial charge in [0, 0.05) is 10.9 Å². The third-order valence-corrected chi connectivity index (χ3v) is 3.54. The van der Waals surface area contributed by atoms with Crippen molar-refractivity contribution < 1.29 is 27.8 Å². The highest BCUT2D eigenvalue weighted by Crippen LogP contribution is 2.36. The smallest absolute Gasteiger partial charge is 0.416 e. The second-order valence-electron chi connectivity index (χ2n) is 4.16. The van der Waals surface area contributed by atoms with Gasteiger partial charge in [-0.2, -0.15) is 13.2 Å². The van der Waals surface area contributed by atoms with Gasteiger partial charge in [0.15, 0.2) is 0 Å². The van der Waals surface area contributed by atoms with Crippen LogP contribution in [-0.2, 0) is 17.4 Å². The molecule has 21 heavy (non-hydrogen) atoms. The number of carboxylic acid groups (broad SMARTS) is 1. The maximum absolute atomic E-state index is 12.8. The number of carboxylic acids is 1. The summed E-state index contributed by atoms with van der Waals surface area (Å²) in [5, 5.41) is 10.5. The van der Waals surface area contributed by atoms with E-state index in [0.29, 0.717) is 10.7 Å². The minimum atomic E-state index is -4.50. The molecule has 0 unspecified atom stereocenters. The first-order valence-electron chi connectivity index (χ1n) is 5.72. The lowest BCUT2D eigenvalue weighted by Crippen LogP contribution is -2.05. The molecule has 112 valence electrons. The molecule has 2 aromatic rings.